The number of halogens is 2. The van der Waals surface area contributed by atoms with Crippen LogP contribution in [0.3, 0.4) is 0 Å². The van der Waals surface area contributed by atoms with Crippen LogP contribution in [0.5, 0.6) is 11.5 Å². The predicted molar refractivity (Wildman–Crippen MR) is 101 cm³/mol. The third-order valence-corrected chi connectivity index (χ3v) is 4.77. The number of allylic oxidation sites excluding steroid dienone is 1. The minimum atomic E-state index is -0.724. The topological polar surface area (TPSA) is 46.5 Å². The van der Waals surface area contributed by atoms with Crippen LogP contribution in [0.25, 0.3) is 5.76 Å². The van der Waals surface area contributed by atoms with Gasteiger partial charge in [-0.2, -0.15) is 0 Å². The molecule has 1 atom stereocenters. The van der Waals surface area contributed by atoms with Gasteiger partial charge in [0.15, 0.2) is 5.78 Å². The van der Waals surface area contributed by atoms with Gasteiger partial charge in [0.05, 0.1) is 0 Å². The molecule has 4 rings (SSSR count). The molecule has 0 saturated heterocycles. The van der Waals surface area contributed by atoms with Crippen molar-refractivity contribution < 1.29 is 23.4 Å². The average Bonchev–Trinajstić information content (AvgIpc) is 2.68. The maximum Gasteiger partial charge on any atom is 0.160 e. The van der Waals surface area contributed by atoms with Gasteiger partial charge in [0, 0.05) is 28.2 Å². The van der Waals surface area contributed by atoms with E-state index in [9.17, 15) is 18.7 Å². The number of aliphatic hydroxyl groups is 1. The van der Waals surface area contributed by atoms with Crippen molar-refractivity contribution in [3.05, 3.63) is 101 Å². The summed E-state index contributed by atoms with van der Waals surface area (Å²) in [6, 6.07) is 16.4. The third kappa shape index (κ3) is 3.05. The van der Waals surface area contributed by atoms with Gasteiger partial charge in [-0.25, -0.2) is 8.78 Å². The molecule has 0 spiro atoms. The van der Waals surface area contributed by atoms with E-state index in [1.807, 2.05) is 0 Å². The maximum atomic E-state index is 14.0. The fourth-order valence-electron chi connectivity index (χ4n) is 3.52. The minimum absolute atomic E-state index is 0.0919. The van der Waals surface area contributed by atoms with Crippen molar-refractivity contribution in [3.63, 3.8) is 0 Å². The number of aliphatic hydroxyl groups excluding tert-OH is 1. The highest BCUT2D eigenvalue weighted by molar-refractivity contribution is 6.02. The van der Waals surface area contributed by atoms with Crippen molar-refractivity contribution in [3.8, 4) is 11.5 Å². The first-order chi connectivity index (χ1) is 13.5. The van der Waals surface area contributed by atoms with Gasteiger partial charge in [0.1, 0.15) is 28.9 Å². The highest BCUT2D eigenvalue weighted by Gasteiger charge is 2.34. The summed E-state index contributed by atoms with van der Waals surface area (Å²) in [4.78, 5) is 12.6. The number of para-hydroxylation sites is 1. The predicted octanol–water partition coefficient (Wildman–Crippen LogP) is 5.76. The van der Waals surface area contributed by atoms with Crippen LogP contribution >= 0.6 is 0 Å². The van der Waals surface area contributed by atoms with Crippen molar-refractivity contribution in [2.24, 2.45) is 0 Å². The molecule has 0 radical (unpaired) electrons. The van der Waals surface area contributed by atoms with Crippen molar-refractivity contribution in [1.82, 2.24) is 0 Å². The molecule has 28 heavy (non-hydrogen) atoms. The zero-order chi connectivity index (χ0) is 19.8. The number of hydrogen-bond acceptors (Lipinski definition) is 3. The first-order valence-corrected chi connectivity index (χ1v) is 8.72. The summed E-state index contributed by atoms with van der Waals surface area (Å²) in [6.45, 7) is 1.34. The lowest BCUT2D eigenvalue weighted by Gasteiger charge is -2.29. The van der Waals surface area contributed by atoms with Crippen molar-refractivity contribution in [2.75, 3.05) is 0 Å². The average molecular weight is 378 g/mol. The summed E-state index contributed by atoms with van der Waals surface area (Å²) in [5.41, 5.74) is 1.47. The van der Waals surface area contributed by atoms with E-state index in [1.165, 1.54) is 49.4 Å². The number of carbonyl (C=O) groups is 1. The van der Waals surface area contributed by atoms with Crippen molar-refractivity contribution >= 4 is 11.5 Å². The molecule has 3 aromatic rings. The van der Waals surface area contributed by atoms with E-state index in [0.717, 1.165) is 0 Å². The Hall–Kier alpha value is -3.47. The molecule has 0 bridgehead atoms. The second-order valence-electron chi connectivity index (χ2n) is 6.58. The van der Waals surface area contributed by atoms with Crippen LogP contribution in [0.4, 0.5) is 8.78 Å². The zero-order valence-electron chi connectivity index (χ0n) is 14.9. The molecule has 0 aromatic heterocycles. The van der Waals surface area contributed by atoms with Gasteiger partial charge >= 0.3 is 0 Å². The molecule has 1 aliphatic rings. The highest BCUT2D eigenvalue weighted by Crippen LogP contribution is 2.48. The van der Waals surface area contributed by atoms with Crippen LogP contribution in [0.15, 0.2) is 72.3 Å². The summed E-state index contributed by atoms with van der Waals surface area (Å²) in [5, 5.41) is 10.9. The first-order valence-electron chi connectivity index (χ1n) is 8.72. The molecule has 1 heterocycles. The minimum Gasteiger partial charge on any atom is -0.507 e. The van der Waals surface area contributed by atoms with Crippen molar-refractivity contribution in [1.29, 1.82) is 0 Å². The van der Waals surface area contributed by atoms with Gasteiger partial charge < -0.3 is 9.84 Å². The first kappa shape index (κ1) is 17.9. The molecule has 0 saturated carbocycles. The lowest BCUT2D eigenvalue weighted by Crippen LogP contribution is -2.18. The molecular weight excluding hydrogens is 362 g/mol. The number of carbonyl (C=O) groups excluding carboxylic acids is 1. The van der Waals surface area contributed by atoms with Crippen LogP contribution in [-0.2, 0) is 4.79 Å². The molecule has 0 fully saturated rings. The SMILES string of the molecule is CC(=O)C(=C(O)c1ccc(F)cc1)[C@@H]1c2ccccc2Oc2ccc(F)cc21. The monoisotopic (exact) mass is 378 g/mol. The molecule has 0 unspecified atom stereocenters. The van der Waals surface area contributed by atoms with E-state index in [0.29, 0.717) is 28.2 Å². The van der Waals surface area contributed by atoms with Gasteiger partial charge in [-0.3, -0.25) is 4.79 Å². The number of ether oxygens (including phenoxy) is 1. The number of rotatable bonds is 3. The van der Waals surface area contributed by atoms with E-state index >= 15 is 0 Å². The molecular formula is C23H16F2O3. The summed E-state index contributed by atoms with van der Waals surface area (Å²) >= 11 is 0. The molecule has 0 aliphatic carbocycles. The van der Waals surface area contributed by atoms with E-state index in [-0.39, 0.29) is 17.1 Å². The number of benzene rings is 3. The molecule has 0 amide bonds. The van der Waals surface area contributed by atoms with E-state index in [1.54, 1.807) is 24.3 Å². The molecule has 1 aliphatic heterocycles. The van der Waals surface area contributed by atoms with E-state index < -0.39 is 17.6 Å². The van der Waals surface area contributed by atoms with Gasteiger partial charge in [0.2, 0.25) is 0 Å². The molecule has 140 valence electrons. The summed E-state index contributed by atoms with van der Waals surface area (Å²) in [6.07, 6.45) is 0. The van der Waals surface area contributed by atoms with Crippen LogP contribution in [-0.4, -0.2) is 10.9 Å². The second kappa shape index (κ2) is 6.93. The number of hydrogen-bond donors (Lipinski definition) is 1. The Morgan fingerprint density at radius 3 is 2.25 bits per heavy atom. The Labute approximate surface area is 160 Å². The third-order valence-electron chi connectivity index (χ3n) is 4.77. The lowest BCUT2D eigenvalue weighted by molar-refractivity contribution is -0.113. The van der Waals surface area contributed by atoms with Crippen molar-refractivity contribution in [2.45, 2.75) is 12.8 Å². The van der Waals surface area contributed by atoms with Crippen LogP contribution < -0.4 is 4.74 Å². The van der Waals surface area contributed by atoms with Gasteiger partial charge in [-0.15, -0.1) is 0 Å². The fraction of sp³-hybridized carbons (Fsp3) is 0.0870. The Bertz CT molecular complexity index is 1100. The summed E-state index contributed by atoms with van der Waals surface area (Å²) in [5.74, 6) is -1.37. The normalized spacial score (nSPS) is 15.8. The van der Waals surface area contributed by atoms with Gasteiger partial charge in [0.25, 0.3) is 0 Å². The lowest BCUT2D eigenvalue weighted by atomic mass is 9.79. The fourth-order valence-corrected chi connectivity index (χ4v) is 3.52. The standard InChI is InChI=1S/C23H16F2O3/c1-13(26)21(23(27)14-6-8-15(24)9-7-14)22-17-4-2-3-5-19(17)28-20-11-10-16(25)12-18(20)22/h2-12,22,27H,1H3/t22-/m1/s1. The zero-order valence-corrected chi connectivity index (χ0v) is 14.9. The summed E-state index contributed by atoms with van der Waals surface area (Å²) < 4.78 is 33.2. The molecule has 5 heteroatoms. The Balaban J connectivity index is 1.99. The molecule has 3 nitrogen and oxygen atoms in total. The maximum absolute atomic E-state index is 14.0. The van der Waals surface area contributed by atoms with E-state index in [4.69, 9.17) is 4.74 Å². The Morgan fingerprint density at radius 1 is 0.893 bits per heavy atom. The quantitative estimate of drug-likeness (QED) is 0.465. The van der Waals surface area contributed by atoms with Crippen LogP contribution in [0.1, 0.15) is 29.5 Å². The Kier molecular flexibility index (Phi) is 4.43. The van der Waals surface area contributed by atoms with Crippen LogP contribution in [0, 0.1) is 11.6 Å². The molecule has 3 aromatic carbocycles. The number of ketones is 1. The van der Waals surface area contributed by atoms with Crippen LogP contribution in [0.2, 0.25) is 0 Å². The van der Waals surface area contributed by atoms with E-state index in [2.05, 4.69) is 0 Å². The number of fused-ring (bicyclic) bond motifs is 2. The summed E-state index contributed by atoms with van der Waals surface area (Å²) in [7, 11) is 0. The van der Waals surface area contributed by atoms with Gasteiger partial charge in [-0.1, -0.05) is 18.2 Å². The second-order valence-corrected chi connectivity index (χ2v) is 6.58. The highest BCUT2D eigenvalue weighted by atomic mass is 19.1. The van der Waals surface area contributed by atoms with Gasteiger partial charge in [-0.05, 0) is 55.5 Å². The molecule has 1 N–H and O–H groups in total. The number of Topliss-reactive ketones (excluding diaryl/α,β-unsaturated/α-hetero) is 1. The smallest absolute Gasteiger partial charge is 0.160 e. The largest absolute Gasteiger partial charge is 0.507 e. The Morgan fingerprint density at radius 2 is 1.54 bits per heavy atom.